The van der Waals surface area contributed by atoms with Crippen LogP contribution in [0.2, 0.25) is 0 Å². The van der Waals surface area contributed by atoms with Gasteiger partial charge in [0, 0.05) is 30.4 Å². The van der Waals surface area contributed by atoms with Crippen molar-refractivity contribution in [3.8, 4) is 0 Å². The smallest absolute Gasteiger partial charge is 0.223 e. The Morgan fingerprint density at radius 3 is 3.06 bits per heavy atom. The molecule has 4 heteroatoms. The van der Waals surface area contributed by atoms with E-state index < -0.39 is 0 Å². The summed E-state index contributed by atoms with van der Waals surface area (Å²) in [5.41, 5.74) is 2.05. The Morgan fingerprint density at radius 2 is 2.39 bits per heavy atom. The van der Waals surface area contributed by atoms with E-state index >= 15 is 0 Å². The van der Waals surface area contributed by atoms with Gasteiger partial charge in [-0.3, -0.25) is 9.78 Å². The largest absolute Gasteiger partial charge is 0.352 e. The van der Waals surface area contributed by atoms with E-state index in [2.05, 4.69) is 22.5 Å². The molecule has 0 radical (unpaired) electrons. The molecular formula is C14H21N3O. The zero-order valence-electron chi connectivity index (χ0n) is 11.1. The molecule has 2 N–H and O–H groups in total. The molecule has 1 aliphatic rings. The Kier molecular flexibility index (Phi) is 4.31. The summed E-state index contributed by atoms with van der Waals surface area (Å²) in [6.45, 7) is 5.60. The molecule has 1 aromatic heterocycles. The maximum absolute atomic E-state index is 12.0. The topological polar surface area (TPSA) is 54.0 Å². The quantitative estimate of drug-likeness (QED) is 0.849. The van der Waals surface area contributed by atoms with Gasteiger partial charge in [-0.05, 0) is 44.9 Å². The molecule has 0 aliphatic carbocycles. The van der Waals surface area contributed by atoms with Crippen molar-refractivity contribution in [1.29, 1.82) is 0 Å². The third kappa shape index (κ3) is 3.53. The molecule has 4 nitrogen and oxygen atoms in total. The Hall–Kier alpha value is -1.42. The Morgan fingerprint density at radius 1 is 1.56 bits per heavy atom. The van der Waals surface area contributed by atoms with Gasteiger partial charge in [0.2, 0.25) is 5.91 Å². The lowest BCUT2D eigenvalue weighted by atomic mass is 9.92. The number of amides is 1. The molecule has 0 aromatic carbocycles. The van der Waals surface area contributed by atoms with Crippen molar-refractivity contribution in [3.05, 3.63) is 29.6 Å². The van der Waals surface area contributed by atoms with Crippen LogP contribution >= 0.6 is 0 Å². The first-order chi connectivity index (χ1) is 8.65. The predicted octanol–water partition coefficient (Wildman–Crippen LogP) is 1.39. The van der Waals surface area contributed by atoms with Crippen LogP contribution in [0, 0.1) is 12.8 Å². The van der Waals surface area contributed by atoms with Crippen LogP contribution in [-0.2, 0) is 11.3 Å². The average Bonchev–Trinajstić information content (AvgIpc) is 2.38. The van der Waals surface area contributed by atoms with Crippen LogP contribution in [0.1, 0.15) is 31.0 Å². The van der Waals surface area contributed by atoms with Crippen LogP contribution < -0.4 is 10.6 Å². The molecule has 1 aliphatic heterocycles. The number of carbonyl (C=O) groups is 1. The molecule has 2 unspecified atom stereocenters. The lowest BCUT2D eigenvalue weighted by Crippen LogP contribution is -2.42. The molecule has 0 bridgehead atoms. The number of nitrogens with zero attached hydrogens (tertiary/aromatic N) is 1. The Labute approximate surface area is 108 Å². The second-order valence-electron chi connectivity index (χ2n) is 5.10. The highest BCUT2D eigenvalue weighted by Crippen LogP contribution is 2.16. The van der Waals surface area contributed by atoms with Crippen LogP contribution in [0.3, 0.4) is 0 Å². The van der Waals surface area contributed by atoms with E-state index in [-0.39, 0.29) is 11.8 Å². The summed E-state index contributed by atoms with van der Waals surface area (Å²) in [4.78, 5) is 16.2. The number of piperidine rings is 1. The fourth-order valence-electron chi connectivity index (χ4n) is 2.31. The number of nitrogens with one attached hydrogen (secondary N) is 2. The lowest BCUT2D eigenvalue weighted by Gasteiger charge is -2.27. The van der Waals surface area contributed by atoms with Crippen LogP contribution in [0.25, 0.3) is 0 Å². The molecule has 2 rings (SSSR count). The highest BCUT2D eigenvalue weighted by molar-refractivity contribution is 5.78. The molecular weight excluding hydrogens is 226 g/mol. The van der Waals surface area contributed by atoms with E-state index in [1.165, 1.54) is 0 Å². The monoisotopic (exact) mass is 247 g/mol. The minimum atomic E-state index is 0.152. The van der Waals surface area contributed by atoms with Crippen molar-refractivity contribution in [2.24, 2.45) is 5.92 Å². The van der Waals surface area contributed by atoms with Crippen molar-refractivity contribution in [3.63, 3.8) is 0 Å². The zero-order valence-corrected chi connectivity index (χ0v) is 11.1. The lowest BCUT2D eigenvalue weighted by molar-refractivity contribution is -0.126. The number of carbonyl (C=O) groups excluding carboxylic acids is 1. The third-order valence-electron chi connectivity index (χ3n) is 3.43. The molecule has 98 valence electrons. The van der Waals surface area contributed by atoms with E-state index in [0.717, 1.165) is 30.6 Å². The predicted molar refractivity (Wildman–Crippen MR) is 71.0 cm³/mol. The van der Waals surface area contributed by atoms with Crippen LogP contribution in [0.4, 0.5) is 0 Å². The highest BCUT2D eigenvalue weighted by Gasteiger charge is 2.24. The van der Waals surface area contributed by atoms with E-state index in [0.29, 0.717) is 12.6 Å². The number of pyridine rings is 1. The van der Waals surface area contributed by atoms with Gasteiger partial charge in [-0.2, -0.15) is 0 Å². The summed E-state index contributed by atoms with van der Waals surface area (Å²) in [6, 6.07) is 4.41. The standard InChI is InChI=1S/C14H21N3O/c1-10-3-4-12(8-16-10)9-17-14(18)13-5-6-15-11(2)7-13/h3-4,8,11,13,15H,5-7,9H2,1-2H3,(H,17,18). The minimum Gasteiger partial charge on any atom is -0.352 e. The Balaban J connectivity index is 1.82. The van der Waals surface area contributed by atoms with E-state index in [1.54, 1.807) is 0 Å². The van der Waals surface area contributed by atoms with Gasteiger partial charge < -0.3 is 10.6 Å². The molecule has 0 saturated carbocycles. The van der Waals surface area contributed by atoms with Crippen LogP contribution in [-0.4, -0.2) is 23.5 Å². The summed E-state index contributed by atoms with van der Waals surface area (Å²) in [7, 11) is 0. The summed E-state index contributed by atoms with van der Waals surface area (Å²) in [5, 5.41) is 6.36. The van der Waals surface area contributed by atoms with Gasteiger partial charge in [-0.15, -0.1) is 0 Å². The number of hydrogen-bond acceptors (Lipinski definition) is 3. The molecule has 0 spiro atoms. The second kappa shape index (κ2) is 5.96. The maximum Gasteiger partial charge on any atom is 0.223 e. The molecule has 1 saturated heterocycles. The van der Waals surface area contributed by atoms with Crippen molar-refractivity contribution >= 4 is 5.91 Å². The molecule has 1 amide bonds. The Bertz CT molecular complexity index is 402. The first-order valence-electron chi connectivity index (χ1n) is 6.58. The van der Waals surface area contributed by atoms with Crippen molar-refractivity contribution < 1.29 is 4.79 Å². The summed E-state index contributed by atoms with van der Waals surface area (Å²) in [5.74, 6) is 0.323. The van der Waals surface area contributed by atoms with Crippen molar-refractivity contribution in [2.75, 3.05) is 6.54 Å². The SMILES string of the molecule is Cc1ccc(CNC(=O)C2CCNC(C)C2)cn1. The van der Waals surface area contributed by atoms with Crippen LogP contribution in [0.15, 0.2) is 18.3 Å². The second-order valence-corrected chi connectivity index (χ2v) is 5.10. The van der Waals surface area contributed by atoms with Gasteiger partial charge in [0.15, 0.2) is 0 Å². The van der Waals surface area contributed by atoms with E-state index in [1.807, 2.05) is 25.3 Å². The normalized spacial score (nSPS) is 23.7. The summed E-state index contributed by atoms with van der Waals surface area (Å²) < 4.78 is 0. The summed E-state index contributed by atoms with van der Waals surface area (Å²) >= 11 is 0. The first kappa shape index (κ1) is 13.0. The highest BCUT2D eigenvalue weighted by atomic mass is 16.1. The number of hydrogen-bond donors (Lipinski definition) is 2. The number of aromatic nitrogens is 1. The van der Waals surface area contributed by atoms with Crippen molar-refractivity contribution in [1.82, 2.24) is 15.6 Å². The van der Waals surface area contributed by atoms with Crippen molar-refractivity contribution in [2.45, 2.75) is 39.3 Å². The maximum atomic E-state index is 12.0. The molecule has 2 heterocycles. The van der Waals surface area contributed by atoms with E-state index in [9.17, 15) is 4.79 Å². The van der Waals surface area contributed by atoms with Gasteiger partial charge >= 0.3 is 0 Å². The van der Waals surface area contributed by atoms with Gasteiger partial charge in [0.25, 0.3) is 0 Å². The molecule has 1 aromatic rings. The number of rotatable bonds is 3. The fraction of sp³-hybridized carbons (Fsp3) is 0.571. The third-order valence-corrected chi connectivity index (χ3v) is 3.43. The van der Waals surface area contributed by atoms with Gasteiger partial charge in [0.05, 0.1) is 0 Å². The summed E-state index contributed by atoms with van der Waals surface area (Å²) in [6.07, 6.45) is 3.68. The molecule has 18 heavy (non-hydrogen) atoms. The molecule has 2 atom stereocenters. The molecule has 1 fully saturated rings. The fourth-order valence-corrected chi connectivity index (χ4v) is 2.31. The van der Waals surface area contributed by atoms with Crippen LogP contribution in [0.5, 0.6) is 0 Å². The van der Waals surface area contributed by atoms with E-state index in [4.69, 9.17) is 0 Å². The van der Waals surface area contributed by atoms with Gasteiger partial charge in [0.1, 0.15) is 0 Å². The van der Waals surface area contributed by atoms with Gasteiger partial charge in [-0.1, -0.05) is 6.07 Å². The zero-order chi connectivity index (χ0) is 13.0. The average molecular weight is 247 g/mol. The first-order valence-corrected chi connectivity index (χ1v) is 6.58. The number of aryl methyl sites for hydroxylation is 1. The van der Waals surface area contributed by atoms with Gasteiger partial charge in [-0.25, -0.2) is 0 Å². The minimum absolute atomic E-state index is 0.152.